The fourth-order valence-electron chi connectivity index (χ4n) is 6.04. The number of aliphatic hydroxyl groups is 1. The first kappa shape index (κ1) is 21.4. The van der Waals surface area contributed by atoms with Gasteiger partial charge in [0.05, 0.1) is 16.6 Å². The number of allylic oxidation sites excluding steroid dienone is 1. The maximum atomic E-state index is 11.8. The Balaban J connectivity index is 1.18. The predicted octanol–water partition coefficient (Wildman–Crippen LogP) is 5.45. The smallest absolute Gasteiger partial charge is 0.107 e. The van der Waals surface area contributed by atoms with Crippen molar-refractivity contribution in [2.24, 2.45) is 11.8 Å². The van der Waals surface area contributed by atoms with Crippen molar-refractivity contribution in [3.8, 4) is 0 Å². The molecule has 3 aliphatic rings. The van der Waals surface area contributed by atoms with Crippen molar-refractivity contribution in [3.63, 3.8) is 0 Å². The van der Waals surface area contributed by atoms with Gasteiger partial charge in [0.1, 0.15) is 5.82 Å². The lowest BCUT2D eigenvalue weighted by Crippen LogP contribution is -2.49. The molecule has 0 radical (unpaired) electrons. The van der Waals surface area contributed by atoms with E-state index in [0.29, 0.717) is 5.92 Å². The first-order valence-corrected chi connectivity index (χ1v) is 12.1. The topological polar surface area (TPSA) is 52.1 Å². The number of nitrogens with one attached hydrogen (secondary N) is 1. The van der Waals surface area contributed by atoms with Crippen LogP contribution in [0.3, 0.4) is 0 Å². The average Bonchev–Trinajstić information content (AvgIpc) is 3.22. The van der Waals surface area contributed by atoms with Gasteiger partial charge in [-0.2, -0.15) is 0 Å². The van der Waals surface area contributed by atoms with E-state index in [9.17, 15) is 5.11 Å². The van der Waals surface area contributed by atoms with Crippen molar-refractivity contribution < 1.29 is 5.11 Å². The second-order valence-corrected chi connectivity index (χ2v) is 9.95. The Morgan fingerprint density at radius 3 is 2.66 bits per heavy atom. The van der Waals surface area contributed by atoms with Gasteiger partial charge < -0.3 is 15.0 Å². The molecular weight excluding hydrogens is 394 g/mol. The zero-order valence-corrected chi connectivity index (χ0v) is 19.3. The molecule has 32 heavy (non-hydrogen) atoms. The van der Waals surface area contributed by atoms with Gasteiger partial charge in [0.2, 0.25) is 0 Å². The van der Waals surface area contributed by atoms with E-state index in [4.69, 9.17) is 4.98 Å². The molecule has 4 heteroatoms. The van der Waals surface area contributed by atoms with Crippen LogP contribution in [-0.2, 0) is 6.42 Å². The number of fused-ring (bicyclic) bond motifs is 3. The molecular formula is C28H35N3O. The van der Waals surface area contributed by atoms with Gasteiger partial charge in [-0.05, 0) is 81.8 Å². The molecule has 1 heterocycles. The third-order valence-electron chi connectivity index (χ3n) is 7.84. The van der Waals surface area contributed by atoms with Crippen molar-refractivity contribution in [1.29, 1.82) is 0 Å². The number of hydrogen-bond donors (Lipinski definition) is 2. The zero-order chi connectivity index (χ0) is 22.1. The maximum absolute atomic E-state index is 11.8. The van der Waals surface area contributed by atoms with Crippen LogP contribution in [0.15, 0.2) is 60.2 Å². The molecule has 1 saturated carbocycles. The van der Waals surface area contributed by atoms with Gasteiger partial charge in [0.25, 0.3) is 0 Å². The average molecular weight is 430 g/mol. The molecule has 1 aromatic heterocycles. The lowest BCUT2D eigenvalue weighted by atomic mass is 9.57. The molecule has 0 amide bonds. The van der Waals surface area contributed by atoms with Gasteiger partial charge in [-0.25, -0.2) is 4.98 Å². The van der Waals surface area contributed by atoms with E-state index in [1.807, 2.05) is 12.1 Å². The first-order valence-electron chi connectivity index (χ1n) is 12.1. The van der Waals surface area contributed by atoms with Crippen LogP contribution in [0.2, 0.25) is 0 Å². The normalized spacial score (nSPS) is 25.2. The lowest BCUT2D eigenvalue weighted by Gasteiger charge is -2.51. The zero-order valence-electron chi connectivity index (χ0n) is 19.3. The van der Waals surface area contributed by atoms with Gasteiger partial charge >= 0.3 is 0 Å². The Kier molecular flexibility index (Phi) is 5.92. The highest BCUT2D eigenvalue weighted by atomic mass is 16.3. The molecule has 3 atom stereocenters. The van der Waals surface area contributed by atoms with Crippen LogP contribution in [0.25, 0.3) is 16.6 Å². The van der Waals surface area contributed by atoms with E-state index >= 15 is 0 Å². The summed E-state index contributed by atoms with van der Waals surface area (Å²) in [6.45, 7) is 4.24. The van der Waals surface area contributed by atoms with Crippen molar-refractivity contribution in [2.45, 2.75) is 51.0 Å². The quantitative estimate of drug-likeness (QED) is 0.500. The molecule has 0 saturated heterocycles. The Morgan fingerprint density at radius 2 is 1.84 bits per heavy atom. The highest BCUT2D eigenvalue weighted by Crippen LogP contribution is 2.54. The molecule has 0 unspecified atom stereocenters. The molecule has 2 aromatic carbocycles. The summed E-state index contributed by atoms with van der Waals surface area (Å²) in [6.07, 6.45) is 6.12. The largest absolute Gasteiger partial charge is 0.389 e. The van der Waals surface area contributed by atoms with Crippen LogP contribution in [0.1, 0.15) is 50.4 Å². The van der Waals surface area contributed by atoms with E-state index in [1.165, 1.54) is 23.1 Å². The van der Waals surface area contributed by atoms with Crippen LogP contribution >= 0.6 is 0 Å². The Morgan fingerprint density at radius 1 is 1.06 bits per heavy atom. The van der Waals surface area contributed by atoms with Crippen LogP contribution in [0, 0.1) is 11.8 Å². The molecule has 4 nitrogen and oxygen atoms in total. The van der Waals surface area contributed by atoms with E-state index in [0.717, 1.165) is 62.1 Å². The molecule has 3 aliphatic carbocycles. The number of imidazole rings is 1. The minimum atomic E-state index is -0.583. The predicted molar refractivity (Wildman–Crippen MR) is 131 cm³/mol. The van der Waals surface area contributed by atoms with E-state index in [2.05, 4.69) is 66.3 Å². The lowest BCUT2D eigenvalue weighted by molar-refractivity contribution is -0.0578. The summed E-state index contributed by atoms with van der Waals surface area (Å²) in [5, 5.41) is 11.8. The molecule has 168 valence electrons. The van der Waals surface area contributed by atoms with Crippen LogP contribution in [-0.4, -0.2) is 45.7 Å². The van der Waals surface area contributed by atoms with Crippen LogP contribution < -0.4 is 0 Å². The summed E-state index contributed by atoms with van der Waals surface area (Å²) in [5.41, 5.74) is 5.81. The number of hydrogen-bond acceptors (Lipinski definition) is 3. The van der Waals surface area contributed by atoms with Crippen molar-refractivity contribution in [2.75, 3.05) is 20.1 Å². The van der Waals surface area contributed by atoms with Gasteiger partial charge in [0.15, 0.2) is 0 Å². The summed E-state index contributed by atoms with van der Waals surface area (Å²) in [7, 11) is 2.18. The molecule has 1 fully saturated rings. The minimum absolute atomic E-state index is 0.263. The third kappa shape index (κ3) is 4.14. The van der Waals surface area contributed by atoms with Gasteiger partial charge in [-0.3, -0.25) is 0 Å². The standard InChI is InChI=1S/C28H35N3O/c1-20-22-14-15-23(27(20)21-9-4-3-5-10-21)28(32,19-22)16-18-31(2)17-8-13-26-29-24-11-6-7-12-25(24)30-26/h3-7,9-12,22-23,32H,8,13-19H2,1-2H3,(H,29,30)/t22-,23-,28+/m1/s1. The monoisotopic (exact) mass is 429 g/mol. The van der Waals surface area contributed by atoms with Crippen molar-refractivity contribution in [1.82, 2.24) is 14.9 Å². The highest BCUT2D eigenvalue weighted by Gasteiger charge is 2.49. The highest BCUT2D eigenvalue weighted by molar-refractivity contribution is 5.75. The molecule has 3 aromatic rings. The third-order valence-corrected chi connectivity index (χ3v) is 7.84. The number of aromatic amines is 1. The van der Waals surface area contributed by atoms with Crippen molar-refractivity contribution >= 4 is 16.6 Å². The summed E-state index contributed by atoms with van der Waals surface area (Å²) < 4.78 is 0. The van der Waals surface area contributed by atoms with Gasteiger partial charge in [0, 0.05) is 18.9 Å². The van der Waals surface area contributed by atoms with Crippen LogP contribution in [0.5, 0.6) is 0 Å². The van der Waals surface area contributed by atoms with Crippen LogP contribution in [0.4, 0.5) is 0 Å². The van der Waals surface area contributed by atoms with E-state index in [-0.39, 0.29) is 5.92 Å². The number of aryl methyl sites for hydroxylation is 1. The molecule has 0 spiro atoms. The Hall–Kier alpha value is -2.43. The first-order chi connectivity index (χ1) is 15.5. The minimum Gasteiger partial charge on any atom is -0.389 e. The molecule has 2 N–H and O–H groups in total. The molecule has 0 aliphatic heterocycles. The number of H-pyrrole nitrogens is 1. The Bertz CT molecular complexity index is 1070. The van der Waals surface area contributed by atoms with Gasteiger partial charge in [-0.15, -0.1) is 0 Å². The fraction of sp³-hybridized carbons (Fsp3) is 0.464. The second kappa shape index (κ2) is 8.84. The molecule has 2 bridgehead atoms. The van der Waals surface area contributed by atoms with E-state index in [1.54, 1.807) is 0 Å². The van der Waals surface area contributed by atoms with E-state index < -0.39 is 5.60 Å². The number of benzene rings is 2. The second-order valence-electron chi connectivity index (χ2n) is 9.95. The SMILES string of the molecule is CC1=C(c2ccccc2)[C@H]2CC[C@@H]1C[C@@]2(O)CCN(C)CCCc1nc2ccccc2[nH]1. The fourth-order valence-corrected chi connectivity index (χ4v) is 6.04. The van der Waals surface area contributed by atoms with Crippen molar-refractivity contribution in [3.05, 3.63) is 71.6 Å². The maximum Gasteiger partial charge on any atom is 0.107 e. The number of rotatable bonds is 8. The summed E-state index contributed by atoms with van der Waals surface area (Å²) in [5.74, 6) is 1.85. The Labute approximate surface area is 191 Å². The summed E-state index contributed by atoms with van der Waals surface area (Å²) in [4.78, 5) is 10.5. The number of aromatic nitrogens is 2. The van der Waals surface area contributed by atoms with Gasteiger partial charge in [-0.1, -0.05) is 48.0 Å². The summed E-state index contributed by atoms with van der Waals surface area (Å²) >= 11 is 0. The number of para-hydroxylation sites is 2. The number of nitrogens with zero attached hydrogens (tertiary/aromatic N) is 2. The molecule has 6 rings (SSSR count). The summed E-state index contributed by atoms with van der Waals surface area (Å²) in [6, 6.07) is 18.9.